The smallest absolute Gasteiger partial charge is 0.0746 e. The molecule has 0 aliphatic heterocycles. The Hall–Kier alpha value is -2.42. The zero-order chi connectivity index (χ0) is 17.5. The van der Waals surface area contributed by atoms with Gasteiger partial charge in [0.15, 0.2) is 0 Å². The van der Waals surface area contributed by atoms with Crippen LogP contribution in [0.1, 0.15) is 29.2 Å². The van der Waals surface area contributed by atoms with Gasteiger partial charge in [-0.15, -0.1) is 0 Å². The predicted molar refractivity (Wildman–Crippen MR) is 103 cm³/mol. The summed E-state index contributed by atoms with van der Waals surface area (Å²) in [5, 5.41) is 11.5. The van der Waals surface area contributed by atoms with E-state index in [1.807, 2.05) is 66.7 Å². The first kappa shape index (κ1) is 17.4. The van der Waals surface area contributed by atoms with Crippen molar-refractivity contribution in [3.05, 3.63) is 108 Å². The Balaban J connectivity index is 1.82. The Labute approximate surface area is 150 Å². The summed E-state index contributed by atoms with van der Waals surface area (Å²) in [5.41, 5.74) is 8.85. The summed E-state index contributed by atoms with van der Waals surface area (Å²) < 4.78 is 0. The van der Waals surface area contributed by atoms with Crippen LogP contribution in [0.3, 0.4) is 0 Å². The van der Waals surface area contributed by atoms with Crippen LogP contribution in [0.15, 0.2) is 91.0 Å². The number of aliphatic hydroxyl groups is 1. The Morgan fingerprint density at radius 3 is 1.52 bits per heavy atom. The zero-order valence-electron chi connectivity index (χ0n) is 14.4. The lowest BCUT2D eigenvalue weighted by atomic mass is 9.81. The van der Waals surface area contributed by atoms with Gasteiger partial charge < -0.3 is 10.8 Å². The summed E-state index contributed by atoms with van der Waals surface area (Å²) in [5.74, 6) is 0. The van der Waals surface area contributed by atoms with E-state index in [0.717, 1.165) is 16.7 Å². The quantitative estimate of drug-likeness (QED) is 0.678. The van der Waals surface area contributed by atoms with Crippen LogP contribution in [-0.4, -0.2) is 10.7 Å². The predicted octanol–water partition coefficient (Wildman–Crippen LogP) is 4.29. The maximum atomic E-state index is 11.5. The van der Waals surface area contributed by atoms with E-state index in [9.17, 15) is 5.11 Å². The number of benzene rings is 3. The summed E-state index contributed by atoms with van der Waals surface area (Å²) in [7, 11) is 0. The molecule has 0 amide bonds. The second-order valence-electron chi connectivity index (χ2n) is 6.77. The maximum Gasteiger partial charge on any atom is 0.0746 e. The lowest BCUT2D eigenvalue weighted by molar-refractivity contribution is 0.0252. The number of nitrogens with two attached hydrogens (primary N) is 1. The summed E-state index contributed by atoms with van der Waals surface area (Å²) in [6.07, 6.45) is 1.69. The van der Waals surface area contributed by atoms with Crippen LogP contribution in [-0.2, 0) is 12.8 Å². The van der Waals surface area contributed by atoms with Gasteiger partial charge in [0.1, 0.15) is 0 Å². The second-order valence-corrected chi connectivity index (χ2v) is 6.77. The highest BCUT2D eigenvalue weighted by molar-refractivity contribution is 5.24. The van der Waals surface area contributed by atoms with Gasteiger partial charge in [-0.1, -0.05) is 91.0 Å². The van der Waals surface area contributed by atoms with Crippen molar-refractivity contribution in [2.75, 3.05) is 0 Å². The standard InChI is InChI=1S/C23H25NO/c24-22(21-14-8-3-9-15-21)18-23(25,16-19-10-4-1-5-11-19)17-20-12-6-2-7-13-20/h1-15,22,25H,16-18,24H2. The van der Waals surface area contributed by atoms with Gasteiger partial charge in [-0.25, -0.2) is 0 Å². The van der Waals surface area contributed by atoms with Crippen molar-refractivity contribution in [3.63, 3.8) is 0 Å². The van der Waals surface area contributed by atoms with E-state index < -0.39 is 5.60 Å². The third-order valence-electron chi connectivity index (χ3n) is 4.58. The molecule has 3 N–H and O–H groups in total. The maximum absolute atomic E-state index is 11.5. The average molecular weight is 331 g/mol. The van der Waals surface area contributed by atoms with E-state index in [2.05, 4.69) is 24.3 Å². The molecule has 0 fully saturated rings. The first-order valence-electron chi connectivity index (χ1n) is 8.75. The molecular weight excluding hydrogens is 306 g/mol. The summed E-state index contributed by atoms with van der Waals surface area (Å²) >= 11 is 0. The summed E-state index contributed by atoms with van der Waals surface area (Å²) in [6, 6.07) is 30.1. The molecule has 0 bridgehead atoms. The minimum Gasteiger partial charge on any atom is -0.389 e. The molecule has 3 rings (SSSR count). The van der Waals surface area contributed by atoms with E-state index in [-0.39, 0.29) is 6.04 Å². The molecule has 25 heavy (non-hydrogen) atoms. The summed E-state index contributed by atoms with van der Waals surface area (Å²) in [6.45, 7) is 0. The van der Waals surface area contributed by atoms with Crippen LogP contribution in [0, 0.1) is 0 Å². The van der Waals surface area contributed by atoms with Crippen LogP contribution < -0.4 is 5.73 Å². The second kappa shape index (κ2) is 8.11. The largest absolute Gasteiger partial charge is 0.389 e. The van der Waals surface area contributed by atoms with Gasteiger partial charge in [0, 0.05) is 18.9 Å². The van der Waals surface area contributed by atoms with Crippen LogP contribution in [0.2, 0.25) is 0 Å². The number of hydrogen-bond donors (Lipinski definition) is 2. The molecule has 1 unspecified atom stereocenters. The minimum absolute atomic E-state index is 0.196. The molecule has 3 aromatic carbocycles. The van der Waals surface area contributed by atoms with Crippen LogP contribution >= 0.6 is 0 Å². The fourth-order valence-corrected chi connectivity index (χ4v) is 3.39. The molecular formula is C23H25NO. The van der Waals surface area contributed by atoms with Crippen LogP contribution in [0.4, 0.5) is 0 Å². The molecule has 0 saturated carbocycles. The third kappa shape index (κ3) is 5.02. The Kier molecular flexibility index (Phi) is 5.64. The Bertz CT molecular complexity index is 714. The molecule has 128 valence electrons. The molecule has 0 aromatic heterocycles. The molecule has 1 atom stereocenters. The lowest BCUT2D eigenvalue weighted by Gasteiger charge is -2.31. The Morgan fingerprint density at radius 2 is 1.08 bits per heavy atom. The van der Waals surface area contributed by atoms with Gasteiger partial charge in [-0.05, 0) is 23.1 Å². The van der Waals surface area contributed by atoms with Gasteiger partial charge in [0.05, 0.1) is 5.60 Å². The molecule has 3 aromatic rings. The molecule has 0 saturated heterocycles. The fourth-order valence-electron chi connectivity index (χ4n) is 3.39. The van der Waals surface area contributed by atoms with Crippen molar-refractivity contribution in [1.29, 1.82) is 0 Å². The van der Waals surface area contributed by atoms with Crippen molar-refractivity contribution in [2.45, 2.75) is 30.9 Å². The normalized spacial score (nSPS) is 12.7. The van der Waals surface area contributed by atoms with E-state index in [4.69, 9.17) is 5.73 Å². The SMILES string of the molecule is NC(CC(O)(Cc1ccccc1)Cc1ccccc1)c1ccccc1. The van der Waals surface area contributed by atoms with Gasteiger partial charge >= 0.3 is 0 Å². The minimum atomic E-state index is -0.891. The third-order valence-corrected chi connectivity index (χ3v) is 4.58. The highest BCUT2D eigenvalue weighted by Crippen LogP contribution is 2.29. The van der Waals surface area contributed by atoms with E-state index in [1.54, 1.807) is 0 Å². The average Bonchev–Trinajstić information content (AvgIpc) is 2.64. The van der Waals surface area contributed by atoms with Crippen LogP contribution in [0.5, 0.6) is 0 Å². The zero-order valence-corrected chi connectivity index (χ0v) is 14.4. The van der Waals surface area contributed by atoms with Crippen LogP contribution in [0.25, 0.3) is 0 Å². The van der Waals surface area contributed by atoms with Gasteiger partial charge in [-0.2, -0.15) is 0 Å². The highest BCUT2D eigenvalue weighted by atomic mass is 16.3. The number of rotatable bonds is 7. The van der Waals surface area contributed by atoms with Crippen molar-refractivity contribution in [2.24, 2.45) is 5.73 Å². The topological polar surface area (TPSA) is 46.2 Å². The first-order chi connectivity index (χ1) is 12.1. The fraction of sp³-hybridized carbons (Fsp3) is 0.217. The molecule has 0 aliphatic rings. The van der Waals surface area contributed by atoms with Crippen molar-refractivity contribution < 1.29 is 5.11 Å². The van der Waals surface area contributed by atoms with Crippen molar-refractivity contribution >= 4 is 0 Å². The van der Waals surface area contributed by atoms with E-state index >= 15 is 0 Å². The van der Waals surface area contributed by atoms with Gasteiger partial charge in [-0.3, -0.25) is 0 Å². The summed E-state index contributed by atoms with van der Waals surface area (Å²) in [4.78, 5) is 0. The van der Waals surface area contributed by atoms with E-state index in [0.29, 0.717) is 19.3 Å². The molecule has 2 nitrogen and oxygen atoms in total. The van der Waals surface area contributed by atoms with Crippen molar-refractivity contribution in [1.82, 2.24) is 0 Å². The molecule has 0 radical (unpaired) electrons. The van der Waals surface area contributed by atoms with Gasteiger partial charge in [0.2, 0.25) is 0 Å². The highest BCUT2D eigenvalue weighted by Gasteiger charge is 2.30. The monoisotopic (exact) mass is 331 g/mol. The van der Waals surface area contributed by atoms with E-state index in [1.165, 1.54) is 0 Å². The first-order valence-corrected chi connectivity index (χ1v) is 8.75. The van der Waals surface area contributed by atoms with Crippen molar-refractivity contribution in [3.8, 4) is 0 Å². The number of hydrogen-bond acceptors (Lipinski definition) is 2. The molecule has 0 spiro atoms. The Morgan fingerprint density at radius 1 is 0.680 bits per heavy atom. The molecule has 0 heterocycles. The molecule has 0 aliphatic carbocycles. The van der Waals surface area contributed by atoms with Gasteiger partial charge in [0.25, 0.3) is 0 Å². The molecule has 2 heteroatoms. The lowest BCUT2D eigenvalue weighted by Crippen LogP contribution is -2.38.